The second-order valence-corrected chi connectivity index (χ2v) is 4.37. The molecule has 1 aromatic carbocycles. The highest BCUT2D eigenvalue weighted by atomic mass is 16.1. The van der Waals surface area contributed by atoms with Crippen molar-refractivity contribution in [1.29, 1.82) is 0 Å². The first-order valence-electron chi connectivity index (χ1n) is 6.21. The van der Waals surface area contributed by atoms with Crippen LogP contribution in [0.25, 0.3) is 0 Å². The molecule has 0 heterocycles. The number of benzene rings is 1. The lowest BCUT2D eigenvalue weighted by Gasteiger charge is -2.09. The van der Waals surface area contributed by atoms with Crippen LogP contribution < -0.4 is 10.6 Å². The van der Waals surface area contributed by atoms with Crippen LogP contribution in [-0.4, -0.2) is 19.0 Å². The maximum atomic E-state index is 11.7. The molecule has 3 nitrogen and oxygen atoms in total. The van der Waals surface area contributed by atoms with Gasteiger partial charge in [-0.3, -0.25) is 4.79 Å². The zero-order chi connectivity index (χ0) is 12.7. The minimum atomic E-state index is 0.0700. The molecule has 0 aliphatic carbocycles. The van der Waals surface area contributed by atoms with E-state index in [2.05, 4.69) is 23.6 Å². The van der Waals surface area contributed by atoms with Crippen molar-refractivity contribution >= 4 is 11.6 Å². The number of rotatable bonds is 6. The Bertz CT molecular complexity index is 374. The molecule has 0 bridgehead atoms. The Morgan fingerprint density at radius 2 is 2.00 bits per heavy atom. The third kappa shape index (κ3) is 5.00. The minimum Gasteiger partial charge on any atom is -0.326 e. The Hall–Kier alpha value is -1.35. The number of anilines is 1. The van der Waals surface area contributed by atoms with E-state index in [0.29, 0.717) is 6.42 Å². The molecule has 0 radical (unpaired) electrons. The molecular weight excluding hydrogens is 212 g/mol. The summed E-state index contributed by atoms with van der Waals surface area (Å²) in [4.78, 5) is 11.7. The molecule has 0 aromatic heterocycles. The molecule has 1 rings (SSSR count). The Labute approximate surface area is 104 Å². The zero-order valence-corrected chi connectivity index (χ0v) is 11.0. The quantitative estimate of drug-likeness (QED) is 0.743. The highest BCUT2D eigenvalue weighted by molar-refractivity contribution is 5.91. The third-order valence-corrected chi connectivity index (χ3v) is 2.61. The van der Waals surface area contributed by atoms with Gasteiger partial charge in [0.05, 0.1) is 0 Å². The molecule has 0 unspecified atom stereocenters. The van der Waals surface area contributed by atoms with E-state index >= 15 is 0 Å². The van der Waals surface area contributed by atoms with Crippen molar-refractivity contribution < 1.29 is 4.79 Å². The van der Waals surface area contributed by atoms with Gasteiger partial charge in [-0.1, -0.05) is 24.6 Å². The summed E-state index contributed by atoms with van der Waals surface area (Å²) in [6, 6.07) is 6.05. The van der Waals surface area contributed by atoms with Crippen LogP contribution in [0.4, 0.5) is 5.69 Å². The lowest BCUT2D eigenvalue weighted by molar-refractivity contribution is -0.116. The van der Waals surface area contributed by atoms with Gasteiger partial charge in [0.2, 0.25) is 5.91 Å². The molecule has 1 aromatic rings. The first-order chi connectivity index (χ1) is 8.13. The largest absolute Gasteiger partial charge is 0.326 e. The van der Waals surface area contributed by atoms with Crippen molar-refractivity contribution in [2.75, 3.05) is 18.4 Å². The van der Waals surface area contributed by atoms with Gasteiger partial charge in [0.1, 0.15) is 0 Å². The predicted octanol–water partition coefficient (Wildman–Crippen LogP) is 2.63. The van der Waals surface area contributed by atoms with Gasteiger partial charge in [-0.05, 0) is 38.4 Å². The van der Waals surface area contributed by atoms with E-state index in [1.807, 2.05) is 26.0 Å². The van der Waals surface area contributed by atoms with Crippen LogP contribution in [0.2, 0.25) is 0 Å². The van der Waals surface area contributed by atoms with Crippen LogP contribution in [0.15, 0.2) is 18.2 Å². The Morgan fingerprint density at radius 1 is 1.24 bits per heavy atom. The van der Waals surface area contributed by atoms with E-state index in [1.54, 1.807) is 0 Å². The number of nitrogens with one attached hydrogen (secondary N) is 2. The molecular formula is C14H22N2O. The fraction of sp³-hybridized carbons (Fsp3) is 0.500. The number of hydrogen-bond acceptors (Lipinski definition) is 2. The average Bonchev–Trinajstić information content (AvgIpc) is 2.28. The molecule has 0 aliphatic heterocycles. The highest BCUT2D eigenvalue weighted by Gasteiger charge is 2.04. The number of amides is 1. The van der Waals surface area contributed by atoms with E-state index in [9.17, 15) is 4.79 Å². The SMILES string of the molecule is CCCNCCC(=O)Nc1ccc(C)cc1C. The second-order valence-electron chi connectivity index (χ2n) is 4.37. The van der Waals surface area contributed by atoms with Gasteiger partial charge in [0.25, 0.3) is 0 Å². The third-order valence-electron chi connectivity index (χ3n) is 2.61. The summed E-state index contributed by atoms with van der Waals surface area (Å²) in [5.74, 6) is 0.0700. The fourth-order valence-electron chi connectivity index (χ4n) is 1.67. The lowest BCUT2D eigenvalue weighted by Crippen LogP contribution is -2.22. The molecule has 0 atom stereocenters. The lowest BCUT2D eigenvalue weighted by atomic mass is 10.1. The molecule has 0 saturated carbocycles. The van der Waals surface area contributed by atoms with Gasteiger partial charge in [0.15, 0.2) is 0 Å². The molecule has 1 amide bonds. The van der Waals surface area contributed by atoms with Gasteiger partial charge >= 0.3 is 0 Å². The molecule has 0 aliphatic rings. The molecule has 94 valence electrons. The smallest absolute Gasteiger partial charge is 0.225 e. The first kappa shape index (κ1) is 13.7. The number of carbonyl (C=O) groups is 1. The van der Waals surface area contributed by atoms with Crippen LogP contribution >= 0.6 is 0 Å². The topological polar surface area (TPSA) is 41.1 Å². The van der Waals surface area contributed by atoms with Crippen LogP contribution in [-0.2, 0) is 4.79 Å². The van der Waals surface area contributed by atoms with Crippen LogP contribution in [0.1, 0.15) is 30.9 Å². The number of carbonyl (C=O) groups excluding carboxylic acids is 1. The van der Waals surface area contributed by atoms with Crippen LogP contribution in [0, 0.1) is 13.8 Å². The summed E-state index contributed by atoms with van der Waals surface area (Å²) in [6.07, 6.45) is 1.62. The Balaban J connectivity index is 2.40. The molecule has 0 saturated heterocycles. The van der Waals surface area contributed by atoms with Crippen molar-refractivity contribution in [3.05, 3.63) is 29.3 Å². The summed E-state index contributed by atoms with van der Waals surface area (Å²) < 4.78 is 0. The van der Waals surface area contributed by atoms with Gasteiger partial charge in [-0.2, -0.15) is 0 Å². The van der Waals surface area contributed by atoms with E-state index in [1.165, 1.54) is 5.56 Å². The minimum absolute atomic E-state index is 0.0700. The van der Waals surface area contributed by atoms with Crippen molar-refractivity contribution in [2.45, 2.75) is 33.6 Å². The van der Waals surface area contributed by atoms with Crippen molar-refractivity contribution in [3.8, 4) is 0 Å². The molecule has 17 heavy (non-hydrogen) atoms. The maximum absolute atomic E-state index is 11.7. The van der Waals surface area contributed by atoms with Crippen LogP contribution in [0.5, 0.6) is 0 Å². The summed E-state index contributed by atoms with van der Waals surface area (Å²) in [5, 5.41) is 6.15. The van der Waals surface area contributed by atoms with E-state index in [0.717, 1.165) is 30.8 Å². The maximum Gasteiger partial charge on any atom is 0.225 e. The van der Waals surface area contributed by atoms with Gasteiger partial charge in [-0.25, -0.2) is 0 Å². The number of hydrogen-bond donors (Lipinski definition) is 2. The summed E-state index contributed by atoms with van der Waals surface area (Å²) in [5.41, 5.74) is 3.24. The van der Waals surface area contributed by atoms with E-state index in [-0.39, 0.29) is 5.91 Å². The van der Waals surface area contributed by atoms with Crippen LogP contribution in [0.3, 0.4) is 0 Å². The summed E-state index contributed by atoms with van der Waals surface area (Å²) >= 11 is 0. The van der Waals surface area contributed by atoms with Crippen molar-refractivity contribution in [1.82, 2.24) is 5.32 Å². The normalized spacial score (nSPS) is 10.3. The molecule has 0 fully saturated rings. The highest BCUT2D eigenvalue weighted by Crippen LogP contribution is 2.15. The fourth-order valence-corrected chi connectivity index (χ4v) is 1.67. The molecule has 0 spiro atoms. The second kappa shape index (κ2) is 7.07. The first-order valence-corrected chi connectivity index (χ1v) is 6.21. The van der Waals surface area contributed by atoms with Gasteiger partial charge in [-0.15, -0.1) is 0 Å². The van der Waals surface area contributed by atoms with Gasteiger partial charge in [0, 0.05) is 18.7 Å². The van der Waals surface area contributed by atoms with E-state index < -0.39 is 0 Å². The summed E-state index contributed by atoms with van der Waals surface area (Å²) in [6.45, 7) is 7.88. The predicted molar refractivity (Wildman–Crippen MR) is 72.3 cm³/mol. The number of aryl methyl sites for hydroxylation is 2. The monoisotopic (exact) mass is 234 g/mol. The van der Waals surface area contributed by atoms with Gasteiger partial charge < -0.3 is 10.6 Å². The summed E-state index contributed by atoms with van der Waals surface area (Å²) in [7, 11) is 0. The average molecular weight is 234 g/mol. The van der Waals surface area contributed by atoms with Crippen molar-refractivity contribution in [3.63, 3.8) is 0 Å². The van der Waals surface area contributed by atoms with E-state index in [4.69, 9.17) is 0 Å². The zero-order valence-electron chi connectivity index (χ0n) is 11.0. The Morgan fingerprint density at radius 3 is 2.65 bits per heavy atom. The molecule has 2 N–H and O–H groups in total. The molecule has 3 heteroatoms. The standard InChI is InChI=1S/C14H22N2O/c1-4-8-15-9-7-14(17)16-13-6-5-11(2)10-12(13)3/h5-6,10,15H,4,7-9H2,1-3H3,(H,16,17). The van der Waals surface area contributed by atoms with Crippen molar-refractivity contribution in [2.24, 2.45) is 0 Å². The Kier molecular flexibility index (Phi) is 5.70.